The first-order valence-corrected chi connectivity index (χ1v) is 5.23. The SMILES string of the molecule is CCNc1ccc(-c2ccc(F)c(F)c2)nn1. The van der Waals surface area contributed by atoms with Gasteiger partial charge in [0.2, 0.25) is 0 Å². The highest BCUT2D eigenvalue weighted by molar-refractivity contribution is 5.59. The van der Waals surface area contributed by atoms with Crippen molar-refractivity contribution >= 4 is 5.82 Å². The van der Waals surface area contributed by atoms with E-state index in [4.69, 9.17) is 0 Å². The van der Waals surface area contributed by atoms with Crippen molar-refractivity contribution < 1.29 is 8.78 Å². The summed E-state index contributed by atoms with van der Waals surface area (Å²) in [5.74, 6) is -1.11. The molecular weight excluding hydrogens is 224 g/mol. The zero-order chi connectivity index (χ0) is 12.3. The van der Waals surface area contributed by atoms with Gasteiger partial charge in [0.05, 0.1) is 5.69 Å². The molecule has 2 aromatic rings. The Labute approximate surface area is 97.5 Å². The lowest BCUT2D eigenvalue weighted by Crippen LogP contribution is -2.00. The van der Waals surface area contributed by atoms with Crippen LogP contribution < -0.4 is 5.32 Å². The lowest BCUT2D eigenvalue weighted by Gasteiger charge is -2.03. The molecule has 0 aliphatic carbocycles. The second-order valence-corrected chi connectivity index (χ2v) is 3.46. The maximum Gasteiger partial charge on any atom is 0.159 e. The van der Waals surface area contributed by atoms with Crippen LogP contribution in [0.2, 0.25) is 0 Å². The Morgan fingerprint density at radius 3 is 2.47 bits per heavy atom. The molecular formula is C12H11F2N3. The monoisotopic (exact) mass is 235 g/mol. The minimum absolute atomic E-state index is 0.499. The molecule has 0 aliphatic rings. The molecule has 0 unspecified atom stereocenters. The summed E-state index contributed by atoms with van der Waals surface area (Å²) in [5.41, 5.74) is 1.00. The summed E-state index contributed by atoms with van der Waals surface area (Å²) in [7, 11) is 0. The van der Waals surface area contributed by atoms with Crippen LogP contribution in [0.4, 0.5) is 14.6 Å². The fraction of sp³-hybridized carbons (Fsp3) is 0.167. The summed E-state index contributed by atoms with van der Waals surface area (Å²) in [4.78, 5) is 0. The minimum Gasteiger partial charge on any atom is -0.369 e. The quantitative estimate of drug-likeness (QED) is 0.888. The van der Waals surface area contributed by atoms with Crippen LogP contribution in [-0.2, 0) is 0 Å². The first kappa shape index (κ1) is 11.4. The van der Waals surface area contributed by atoms with Crippen molar-refractivity contribution in [3.8, 4) is 11.3 Å². The van der Waals surface area contributed by atoms with Gasteiger partial charge in [-0.1, -0.05) is 0 Å². The van der Waals surface area contributed by atoms with Gasteiger partial charge in [-0.3, -0.25) is 0 Å². The van der Waals surface area contributed by atoms with E-state index >= 15 is 0 Å². The summed E-state index contributed by atoms with van der Waals surface area (Å²) in [6.45, 7) is 2.70. The molecule has 5 heteroatoms. The molecule has 2 rings (SSSR count). The van der Waals surface area contributed by atoms with Gasteiger partial charge >= 0.3 is 0 Å². The number of nitrogens with zero attached hydrogens (tertiary/aromatic N) is 2. The van der Waals surface area contributed by atoms with Gasteiger partial charge in [0.25, 0.3) is 0 Å². The van der Waals surface area contributed by atoms with Gasteiger partial charge < -0.3 is 5.32 Å². The highest BCUT2D eigenvalue weighted by Crippen LogP contribution is 2.19. The van der Waals surface area contributed by atoms with Crippen molar-refractivity contribution in [2.45, 2.75) is 6.92 Å². The van der Waals surface area contributed by atoms with E-state index in [1.807, 2.05) is 6.92 Å². The molecule has 0 amide bonds. The van der Waals surface area contributed by atoms with Crippen LogP contribution in [0.1, 0.15) is 6.92 Å². The van der Waals surface area contributed by atoms with E-state index in [9.17, 15) is 8.78 Å². The molecule has 0 spiro atoms. The molecule has 0 radical (unpaired) electrons. The number of hydrogen-bond acceptors (Lipinski definition) is 3. The van der Waals surface area contributed by atoms with E-state index in [1.165, 1.54) is 6.07 Å². The number of benzene rings is 1. The Balaban J connectivity index is 2.30. The maximum atomic E-state index is 13.0. The second-order valence-electron chi connectivity index (χ2n) is 3.46. The topological polar surface area (TPSA) is 37.8 Å². The van der Waals surface area contributed by atoms with E-state index < -0.39 is 11.6 Å². The standard InChI is InChI=1S/C12H11F2N3/c1-2-15-12-6-5-11(16-17-12)8-3-4-9(13)10(14)7-8/h3-7H,2H2,1H3,(H,15,17). The zero-order valence-electron chi connectivity index (χ0n) is 9.24. The van der Waals surface area contributed by atoms with Crippen LogP contribution in [-0.4, -0.2) is 16.7 Å². The van der Waals surface area contributed by atoms with E-state index in [1.54, 1.807) is 12.1 Å². The van der Waals surface area contributed by atoms with Crippen LogP contribution in [0.15, 0.2) is 30.3 Å². The predicted octanol–water partition coefficient (Wildman–Crippen LogP) is 2.85. The fourth-order valence-electron chi connectivity index (χ4n) is 1.42. The molecule has 88 valence electrons. The molecule has 0 saturated carbocycles. The van der Waals surface area contributed by atoms with Gasteiger partial charge in [-0.25, -0.2) is 8.78 Å². The largest absolute Gasteiger partial charge is 0.369 e. The second kappa shape index (κ2) is 4.86. The molecule has 3 nitrogen and oxygen atoms in total. The van der Waals surface area contributed by atoms with Crippen molar-refractivity contribution in [2.24, 2.45) is 0 Å². The van der Waals surface area contributed by atoms with Crippen molar-refractivity contribution in [2.75, 3.05) is 11.9 Å². The van der Waals surface area contributed by atoms with E-state index in [0.29, 0.717) is 17.1 Å². The molecule has 1 aromatic carbocycles. The van der Waals surface area contributed by atoms with Gasteiger partial charge in [-0.05, 0) is 37.3 Å². The van der Waals surface area contributed by atoms with Crippen molar-refractivity contribution in [3.63, 3.8) is 0 Å². The molecule has 0 aliphatic heterocycles. The fourth-order valence-corrected chi connectivity index (χ4v) is 1.42. The Bertz CT molecular complexity index is 512. The van der Waals surface area contributed by atoms with Crippen molar-refractivity contribution in [3.05, 3.63) is 42.0 Å². The summed E-state index contributed by atoms with van der Waals surface area (Å²) in [5, 5.41) is 10.9. The molecule has 0 bridgehead atoms. The molecule has 0 atom stereocenters. The van der Waals surface area contributed by atoms with Crippen LogP contribution in [0.3, 0.4) is 0 Å². The summed E-state index contributed by atoms with van der Waals surface area (Å²) in [6, 6.07) is 7.09. The molecule has 17 heavy (non-hydrogen) atoms. The number of anilines is 1. The van der Waals surface area contributed by atoms with Crippen molar-refractivity contribution in [1.82, 2.24) is 10.2 Å². The average Bonchev–Trinajstić information content (AvgIpc) is 2.34. The Morgan fingerprint density at radius 1 is 1.06 bits per heavy atom. The van der Waals surface area contributed by atoms with Gasteiger partial charge in [-0.15, -0.1) is 10.2 Å². The summed E-state index contributed by atoms with van der Waals surface area (Å²) in [6.07, 6.45) is 0. The molecule has 1 heterocycles. The number of rotatable bonds is 3. The number of aromatic nitrogens is 2. The molecule has 1 N–H and O–H groups in total. The number of hydrogen-bond donors (Lipinski definition) is 1. The van der Waals surface area contributed by atoms with E-state index in [0.717, 1.165) is 18.7 Å². The van der Waals surface area contributed by atoms with E-state index in [2.05, 4.69) is 15.5 Å². The molecule has 0 fully saturated rings. The number of nitrogens with one attached hydrogen (secondary N) is 1. The summed E-state index contributed by atoms with van der Waals surface area (Å²) < 4.78 is 25.8. The highest BCUT2D eigenvalue weighted by Gasteiger charge is 2.05. The lowest BCUT2D eigenvalue weighted by atomic mass is 10.1. The Morgan fingerprint density at radius 2 is 1.88 bits per heavy atom. The first-order valence-electron chi connectivity index (χ1n) is 5.23. The van der Waals surface area contributed by atoms with Gasteiger partial charge in [0.15, 0.2) is 11.6 Å². The minimum atomic E-state index is -0.889. The normalized spacial score (nSPS) is 10.3. The predicted molar refractivity (Wildman–Crippen MR) is 61.5 cm³/mol. The third kappa shape index (κ3) is 2.55. The van der Waals surface area contributed by atoms with Crippen LogP contribution in [0.5, 0.6) is 0 Å². The lowest BCUT2D eigenvalue weighted by molar-refractivity contribution is 0.509. The van der Waals surface area contributed by atoms with Gasteiger partial charge in [0.1, 0.15) is 5.82 Å². The number of halogens is 2. The van der Waals surface area contributed by atoms with Crippen molar-refractivity contribution in [1.29, 1.82) is 0 Å². The third-order valence-electron chi connectivity index (χ3n) is 2.24. The van der Waals surface area contributed by atoms with Crippen LogP contribution in [0, 0.1) is 11.6 Å². The van der Waals surface area contributed by atoms with Gasteiger partial charge in [-0.2, -0.15) is 0 Å². The molecule has 1 aromatic heterocycles. The van der Waals surface area contributed by atoms with E-state index in [-0.39, 0.29) is 0 Å². The smallest absolute Gasteiger partial charge is 0.159 e. The average molecular weight is 235 g/mol. The summed E-state index contributed by atoms with van der Waals surface area (Å²) >= 11 is 0. The van der Waals surface area contributed by atoms with Gasteiger partial charge in [0, 0.05) is 12.1 Å². The maximum absolute atomic E-state index is 13.0. The zero-order valence-corrected chi connectivity index (χ0v) is 9.24. The highest BCUT2D eigenvalue weighted by atomic mass is 19.2. The Kier molecular flexibility index (Phi) is 3.27. The van der Waals surface area contributed by atoms with Crippen LogP contribution >= 0.6 is 0 Å². The molecule has 0 saturated heterocycles. The third-order valence-corrected chi connectivity index (χ3v) is 2.24. The van der Waals surface area contributed by atoms with Crippen LogP contribution in [0.25, 0.3) is 11.3 Å². The Hall–Kier alpha value is -2.04. The first-order chi connectivity index (χ1) is 8.20.